The van der Waals surface area contributed by atoms with Gasteiger partial charge in [-0.25, -0.2) is 0 Å². The average molecular weight is 500 g/mol. The lowest BCUT2D eigenvalue weighted by molar-refractivity contribution is -0.159. The predicted molar refractivity (Wildman–Crippen MR) is 125 cm³/mol. The molecule has 0 aromatic heterocycles. The lowest BCUT2D eigenvalue weighted by Gasteiger charge is -2.35. The van der Waals surface area contributed by atoms with E-state index in [1.807, 2.05) is 6.92 Å². The zero-order valence-electron chi connectivity index (χ0n) is 21.2. The Morgan fingerprint density at radius 2 is 1.77 bits per heavy atom. The second kappa shape index (κ2) is 11.4. The van der Waals surface area contributed by atoms with Crippen molar-refractivity contribution in [2.45, 2.75) is 70.8 Å². The topological polar surface area (TPSA) is 79.0 Å². The van der Waals surface area contributed by atoms with Gasteiger partial charge in [0.2, 0.25) is 11.8 Å². The summed E-state index contributed by atoms with van der Waals surface area (Å²) >= 11 is 0. The number of nitrogens with zero attached hydrogens (tertiary/aromatic N) is 2. The summed E-state index contributed by atoms with van der Waals surface area (Å²) in [4.78, 5) is 41.9. The van der Waals surface area contributed by atoms with Crippen molar-refractivity contribution in [2.24, 2.45) is 5.92 Å². The molecule has 1 aliphatic rings. The summed E-state index contributed by atoms with van der Waals surface area (Å²) in [5.41, 5.74) is -1.04. The van der Waals surface area contributed by atoms with E-state index in [9.17, 15) is 27.6 Å². The molecule has 10 heteroatoms. The van der Waals surface area contributed by atoms with E-state index in [0.717, 1.165) is 18.6 Å². The number of carbonyl (C=O) groups excluding carboxylic acids is 3. The molecule has 1 aromatic rings. The fraction of sp³-hybridized carbons (Fsp3) is 0.640. The van der Waals surface area contributed by atoms with Crippen LogP contribution in [0.2, 0.25) is 0 Å². The fourth-order valence-electron chi connectivity index (χ4n) is 4.12. The van der Waals surface area contributed by atoms with Gasteiger partial charge in [-0.2, -0.15) is 13.2 Å². The molecule has 1 aromatic carbocycles. The van der Waals surface area contributed by atoms with Crippen LogP contribution in [-0.2, 0) is 31.7 Å². The van der Waals surface area contributed by atoms with Gasteiger partial charge in [-0.15, -0.1) is 0 Å². The molecule has 0 saturated carbocycles. The SMILES string of the molecule is CN[C@H]1CC[C@@H](C)CN([C@@H](Cc2ccc(C(F)(F)F)cc2)C(=O)N(C)CC(=O)OC(C)(C)C)C1=O. The number of esters is 1. The molecule has 1 aliphatic heterocycles. The second-order valence-corrected chi connectivity index (χ2v) is 10.2. The molecule has 3 atom stereocenters. The molecule has 0 unspecified atom stereocenters. The minimum absolute atomic E-state index is 0.0184. The molecule has 196 valence electrons. The van der Waals surface area contributed by atoms with E-state index < -0.39 is 41.3 Å². The first-order chi connectivity index (χ1) is 16.1. The number of hydrogen-bond donors (Lipinski definition) is 1. The lowest BCUT2D eigenvalue weighted by atomic mass is 10.00. The van der Waals surface area contributed by atoms with Gasteiger partial charge in [0, 0.05) is 20.0 Å². The van der Waals surface area contributed by atoms with E-state index in [4.69, 9.17) is 4.74 Å². The van der Waals surface area contributed by atoms with Gasteiger partial charge in [0.1, 0.15) is 18.2 Å². The van der Waals surface area contributed by atoms with Crippen LogP contribution in [0.5, 0.6) is 0 Å². The van der Waals surface area contributed by atoms with Crippen LogP contribution in [0.25, 0.3) is 0 Å². The number of nitrogens with one attached hydrogen (secondary N) is 1. The molecule has 1 heterocycles. The second-order valence-electron chi connectivity index (χ2n) is 10.2. The molecule has 2 rings (SSSR count). The van der Waals surface area contributed by atoms with Crippen molar-refractivity contribution in [1.82, 2.24) is 15.1 Å². The zero-order chi connectivity index (χ0) is 26.6. The van der Waals surface area contributed by atoms with Gasteiger partial charge in [0.25, 0.3) is 0 Å². The molecule has 1 N–H and O–H groups in total. The van der Waals surface area contributed by atoms with E-state index in [1.165, 1.54) is 29.0 Å². The number of benzene rings is 1. The first-order valence-electron chi connectivity index (χ1n) is 11.7. The third-order valence-corrected chi connectivity index (χ3v) is 5.92. The number of ether oxygens (including phenoxy) is 1. The van der Waals surface area contributed by atoms with Crippen molar-refractivity contribution >= 4 is 17.8 Å². The van der Waals surface area contributed by atoms with Crippen LogP contribution >= 0.6 is 0 Å². The van der Waals surface area contributed by atoms with E-state index >= 15 is 0 Å². The Kier molecular flexibility index (Phi) is 9.33. The number of carbonyl (C=O) groups is 3. The average Bonchev–Trinajstić information content (AvgIpc) is 2.87. The molecule has 1 fully saturated rings. The summed E-state index contributed by atoms with van der Waals surface area (Å²) in [6.45, 7) is 7.16. The summed E-state index contributed by atoms with van der Waals surface area (Å²) in [7, 11) is 3.13. The van der Waals surface area contributed by atoms with E-state index in [2.05, 4.69) is 5.32 Å². The van der Waals surface area contributed by atoms with E-state index in [0.29, 0.717) is 18.5 Å². The van der Waals surface area contributed by atoms with Crippen LogP contribution in [0.1, 0.15) is 51.7 Å². The van der Waals surface area contributed by atoms with Gasteiger partial charge in [0.05, 0.1) is 11.6 Å². The molecule has 0 aliphatic carbocycles. The molecule has 0 spiro atoms. The molecular formula is C25H36F3N3O4. The highest BCUT2D eigenvalue weighted by Gasteiger charge is 2.38. The summed E-state index contributed by atoms with van der Waals surface area (Å²) in [6, 6.07) is 3.10. The third kappa shape index (κ3) is 8.23. The highest BCUT2D eigenvalue weighted by Crippen LogP contribution is 2.30. The van der Waals surface area contributed by atoms with Gasteiger partial charge in [-0.3, -0.25) is 14.4 Å². The molecule has 0 bridgehead atoms. The minimum Gasteiger partial charge on any atom is -0.459 e. The maximum Gasteiger partial charge on any atom is 0.416 e. The Labute approximate surface area is 205 Å². The summed E-state index contributed by atoms with van der Waals surface area (Å²) in [6.07, 6.45) is -3.06. The van der Waals surface area contributed by atoms with Crippen LogP contribution in [0.3, 0.4) is 0 Å². The lowest BCUT2D eigenvalue weighted by Crippen LogP contribution is -2.56. The van der Waals surface area contributed by atoms with Gasteiger partial charge >= 0.3 is 12.1 Å². The monoisotopic (exact) mass is 499 g/mol. The quantitative estimate of drug-likeness (QED) is 0.583. The van der Waals surface area contributed by atoms with Gasteiger partial charge < -0.3 is 19.9 Å². The number of hydrogen-bond acceptors (Lipinski definition) is 5. The van der Waals surface area contributed by atoms with Gasteiger partial charge in [-0.05, 0) is 64.3 Å². The number of alkyl halides is 3. The predicted octanol–water partition coefficient (Wildman–Crippen LogP) is 3.26. The Bertz CT molecular complexity index is 897. The summed E-state index contributed by atoms with van der Waals surface area (Å²) < 4.78 is 44.3. The maximum absolute atomic E-state index is 13.6. The van der Waals surface area contributed by atoms with E-state index in [-0.39, 0.29) is 24.8 Å². The maximum atomic E-state index is 13.6. The highest BCUT2D eigenvalue weighted by molar-refractivity contribution is 5.91. The highest BCUT2D eigenvalue weighted by atomic mass is 19.4. The van der Waals surface area contributed by atoms with Crippen LogP contribution < -0.4 is 5.32 Å². The minimum atomic E-state index is -4.47. The van der Waals surface area contributed by atoms with Crippen LogP contribution in [-0.4, -0.2) is 72.5 Å². The van der Waals surface area contributed by atoms with Crippen LogP contribution in [0, 0.1) is 5.92 Å². The summed E-state index contributed by atoms with van der Waals surface area (Å²) in [5.74, 6) is -1.19. The largest absolute Gasteiger partial charge is 0.459 e. The Morgan fingerprint density at radius 1 is 1.17 bits per heavy atom. The molecule has 7 nitrogen and oxygen atoms in total. The van der Waals surface area contributed by atoms with Crippen molar-refractivity contribution in [2.75, 3.05) is 27.2 Å². The van der Waals surface area contributed by atoms with Crippen molar-refractivity contribution < 1.29 is 32.3 Å². The molecule has 1 saturated heterocycles. The van der Waals surface area contributed by atoms with Crippen molar-refractivity contribution in [3.05, 3.63) is 35.4 Å². The van der Waals surface area contributed by atoms with Crippen LogP contribution in [0.4, 0.5) is 13.2 Å². The third-order valence-electron chi connectivity index (χ3n) is 5.92. The first-order valence-corrected chi connectivity index (χ1v) is 11.7. The zero-order valence-corrected chi connectivity index (χ0v) is 21.2. The number of halogens is 3. The van der Waals surface area contributed by atoms with E-state index in [1.54, 1.807) is 27.8 Å². The standard InChI is InChI=1S/C25H36F3N3O4/c1-16-7-12-19(29-5)22(33)31(14-16)20(13-17-8-10-18(11-9-17)25(26,27)28)23(34)30(6)15-21(32)35-24(2,3)4/h8-11,16,19-20,29H,7,12-15H2,1-6H3/t16-,19+,20+/m1/s1. The normalized spacial score (nSPS) is 20.3. The fourth-order valence-corrected chi connectivity index (χ4v) is 4.12. The number of amides is 2. The van der Waals surface area contributed by atoms with Crippen molar-refractivity contribution in [3.63, 3.8) is 0 Å². The molecule has 35 heavy (non-hydrogen) atoms. The van der Waals surface area contributed by atoms with Gasteiger partial charge in [0.15, 0.2) is 0 Å². The first kappa shape index (κ1) is 28.6. The molecular weight excluding hydrogens is 463 g/mol. The van der Waals surface area contributed by atoms with Crippen molar-refractivity contribution in [1.29, 1.82) is 0 Å². The Balaban J connectivity index is 2.36. The smallest absolute Gasteiger partial charge is 0.416 e. The van der Waals surface area contributed by atoms with Crippen LogP contribution in [0.15, 0.2) is 24.3 Å². The number of rotatable bonds is 7. The van der Waals surface area contributed by atoms with Gasteiger partial charge in [-0.1, -0.05) is 19.1 Å². The Hall–Kier alpha value is -2.62. The molecule has 2 amide bonds. The Morgan fingerprint density at radius 3 is 2.29 bits per heavy atom. The summed E-state index contributed by atoms with van der Waals surface area (Å²) in [5, 5.41) is 3.00. The number of likely N-dealkylation sites (N-methyl/N-ethyl adjacent to an activating group) is 2. The van der Waals surface area contributed by atoms with Crippen molar-refractivity contribution in [3.8, 4) is 0 Å². The number of likely N-dealkylation sites (tertiary alicyclic amines) is 1. The molecule has 0 radical (unpaired) electrons.